The molecule has 0 unspecified atom stereocenters. The molecule has 0 atom stereocenters. The fraction of sp³-hybridized carbons (Fsp3) is 0.267. The number of ether oxygens (including phenoxy) is 3. The van der Waals surface area contributed by atoms with Crippen LogP contribution in [0.4, 0.5) is 5.69 Å². The number of nitrogens with zero attached hydrogens (tertiary/aromatic N) is 1. The molecule has 6 heteroatoms. The van der Waals surface area contributed by atoms with Crippen LogP contribution in [0.15, 0.2) is 30.5 Å². The van der Waals surface area contributed by atoms with E-state index in [1.165, 1.54) is 0 Å². The van der Waals surface area contributed by atoms with E-state index in [2.05, 4.69) is 10.3 Å². The maximum atomic E-state index is 6.01. The van der Waals surface area contributed by atoms with Crippen LogP contribution in [-0.4, -0.2) is 26.3 Å². The molecule has 1 aromatic carbocycles. The normalized spacial score (nSPS) is 10.1. The molecule has 0 fully saturated rings. The molecule has 2 rings (SSSR count). The summed E-state index contributed by atoms with van der Waals surface area (Å²) >= 11 is 6.01. The average Bonchev–Trinajstić information content (AvgIpc) is 2.52. The van der Waals surface area contributed by atoms with Gasteiger partial charge in [0.1, 0.15) is 11.4 Å². The zero-order valence-electron chi connectivity index (χ0n) is 12.1. The van der Waals surface area contributed by atoms with Crippen LogP contribution in [0.25, 0.3) is 0 Å². The summed E-state index contributed by atoms with van der Waals surface area (Å²) in [4.78, 5) is 4.31. The molecule has 0 amide bonds. The number of benzene rings is 1. The smallest absolute Gasteiger partial charge is 0.184 e. The molecule has 21 heavy (non-hydrogen) atoms. The van der Waals surface area contributed by atoms with E-state index in [0.717, 1.165) is 11.4 Å². The molecule has 0 aliphatic rings. The zero-order chi connectivity index (χ0) is 15.2. The molecule has 112 valence electrons. The second-order valence-electron chi connectivity index (χ2n) is 4.19. The van der Waals surface area contributed by atoms with Crippen molar-refractivity contribution >= 4 is 17.3 Å². The molecule has 0 aliphatic carbocycles. The van der Waals surface area contributed by atoms with Crippen LogP contribution >= 0.6 is 11.6 Å². The quantitative estimate of drug-likeness (QED) is 0.886. The Hall–Kier alpha value is -2.14. The molecule has 0 spiro atoms. The molecule has 0 saturated heterocycles. The molecular weight excluding hydrogens is 292 g/mol. The van der Waals surface area contributed by atoms with Crippen molar-refractivity contribution < 1.29 is 14.2 Å². The van der Waals surface area contributed by atoms with Crippen LogP contribution in [0.3, 0.4) is 0 Å². The van der Waals surface area contributed by atoms with Gasteiger partial charge in [-0.05, 0) is 18.2 Å². The number of nitrogens with one attached hydrogen (secondary N) is 1. The van der Waals surface area contributed by atoms with Gasteiger partial charge in [-0.2, -0.15) is 0 Å². The summed E-state index contributed by atoms with van der Waals surface area (Å²) < 4.78 is 15.9. The molecule has 1 heterocycles. The molecular formula is C15H17ClN2O3. The highest BCUT2D eigenvalue weighted by molar-refractivity contribution is 6.30. The number of hydrogen-bond donors (Lipinski definition) is 1. The Balaban J connectivity index is 2.22. The standard InChI is InChI=1S/C15H17ClN2O3/c1-19-13-5-4-10(16)8-11(13)18-9-12-15(21-3)14(20-2)6-7-17-12/h4-8,18H,9H2,1-3H3. The topological polar surface area (TPSA) is 52.6 Å². The number of methoxy groups -OCH3 is 3. The van der Waals surface area contributed by atoms with E-state index in [-0.39, 0.29) is 0 Å². The number of aromatic nitrogens is 1. The minimum absolute atomic E-state index is 0.455. The van der Waals surface area contributed by atoms with Gasteiger partial charge in [0.05, 0.1) is 33.6 Å². The monoisotopic (exact) mass is 308 g/mol. The molecule has 5 nitrogen and oxygen atoms in total. The van der Waals surface area contributed by atoms with Crippen molar-refractivity contribution in [1.82, 2.24) is 4.98 Å². The van der Waals surface area contributed by atoms with Crippen LogP contribution in [0.1, 0.15) is 5.69 Å². The molecule has 2 aromatic rings. The summed E-state index contributed by atoms with van der Waals surface area (Å²) in [5.74, 6) is 1.96. The lowest BCUT2D eigenvalue weighted by Gasteiger charge is -2.14. The van der Waals surface area contributed by atoms with Gasteiger partial charge < -0.3 is 19.5 Å². The predicted molar refractivity (Wildman–Crippen MR) is 82.7 cm³/mol. The summed E-state index contributed by atoms with van der Waals surface area (Å²) in [7, 11) is 4.79. The highest BCUT2D eigenvalue weighted by atomic mass is 35.5. The van der Waals surface area contributed by atoms with Gasteiger partial charge in [-0.25, -0.2) is 0 Å². The van der Waals surface area contributed by atoms with Crippen molar-refractivity contribution in [2.45, 2.75) is 6.54 Å². The first kappa shape index (κ1) is 15.3. The maximum Gasteiger partial charge on any atom is 0.184 e. The Bertz CT molecular complexity index is 620. The minimum atomic E-state index is 0.455. The Morgan fingerprint density at radius 2 is 1.81 bits per heavy atom. The Labute approximate surface area is 128 Å². The van der Waals surface area contributed by atoms with Crippen LogP contribution in [0.5, 0.6) is 17.2 Å². The van der Waals surface area contributed by atoms with E-state index in [4.69, 9.17) is 25.8 Å². The third-order valence-electron chi connectivity index (χ3n) is 2.97. The van der Waals surface area contributed by atoms with Crippen LogP contribution < -0.4 is 19.5 Å². The van der Waals surface area contributed by atoms with E-state index >= 15 is 0 Å². The summed E-state index contributed by atoms with van der Waals surface area (Å²) in [5, 5.41) is 3.87. The summed E-state index contributed by atoms with van der Waals surface area (Å²) in [6.45, 7) is 0.455. The number of pyridine rings is 1. The zero-order valence-corrected chi connectivity index (χ0v) is 12.9. The van der Waals surface area contributed by atoms with Gasteiger partial charge in [0.15, 0.2) is 11.5 Å². The lowest BCUT2D eigenvalue weighted by Crippen LogP contribution is -2.06. The van der Waals surface area contributed by atoms with Gasteiger partial charge in [-0.1, -0.05) is 11.6 Å². The first-order chi connectivity index (χ1) is 10.2. The second kappa shape index (κ2) is 7.04. The largest absolute Gasteiger partial charge is 0.495 e. The third-order valence-corrected chi connectivity index (χ3v) is 3.21. The van der Waals surface area contributed by atoms with E-state index in [0.29, 0.717) is 28.8 Å². The van der Waals surface area contributed by atoms with Gasteiger partial charge in [-0.15, -0.1) is 0 Å². The molecule has 1 aromatic heterocycles. The van der Waals surface area contributed by atoms with Crippen molar-refractivity contribution in [3.63, 3.8) is 0 Å². The predicted octanol–water partition coefficient (Wildman–Crippen LogP) is 3.37. The van der Waals surface area contributed by atoms with Crippen LogP contribution in [0.2, 0.25) is 5.02 Å². The lowest BCUT2D eigenvalue weighted by atomic mass is 10.2. The Morgan fingerprint density at radius 3 is 2.48 bits per heavy atom. The van der Waals surface area contributed by atoms with Gasteiger partial charge in [0, 0.05) is 17.3 Å². The summed E-state index contributed by atoms with van der Waals surface area (Å²) in [6.07, 6.45) is 1.67. The maximum absolute atomic E-state index is 6.01. The number of halogens is 1. The SMILES string of the molecule is COc1ccc(Cl)cc1NCc1nccc(OC)c1OC. The molecule has 0 saturated carbocycles. The fourth-order valence-corrected chi connectivity index (χ4v) is 2.15. The Morgan fingerprint density at radius 1 is 1.05 bits per heavy atom. The molecule has 0 radical (unpaired) electrons. The third kappa shape index (κ3) is 3.49. The van der Waals surface area contributed by atoms with E-state index in [1.807, 2.05) is 0 Å². The number of anilines is 1. The van der Waals surface area contributed by atoms with E-state index in [1.54, 1.807) is 51.8 Å². The van der Waals surface area contributed by atoms with Crippen LogP contribution in [-0.2, 0) is 6.54 Å². The average molecular weight is 309 g/mol. The fourth-order valence-electron chi connectivity index (χ4n) is 1.97. The summed E-state index contributed by atoms with van der Waals surface area (Å²) in [5.41, 5.74) is 1.52. The number of rotatable bonds is 6. The van der Waals surface area contributed by atoms with Gasteiger partial charge in [0.2, 0.25) is 0 Å². The van der Waals surface area contributed by atoms with Gasteiger partial charge in [-0.3, -0.25) is 4.98 Å². The van der Waals surface area contributed by atoms with E-state index in [9.17, 15) is 0 Å². The van der Waals surface area contributed by atoms with Gasteiger partial charge >= 0.3 is 0 Å². The molecule has 1 N–H and O–H groups in total. The van der Waals surface area contributed by atoms with E-state index < -0.39 is 0 Å². The first-order valence-electron chi connectivity index (χ1n) is 6.33. The van der Waals surface area contributed by atoms with Crippen molar-refractivity contribution in [1.29, 1.82) is 0 Å². The van der Waals surface area contributed by atoms with Crippen molar-refractivity contribution in [3.8, 4) is 17.2 Å². The highest BCUT2D eigenvalue weighted by Crippen LogP contribution is 2.31. The van der Waals surface area contributed by atoms with Crippen molar-refractivity contribution in [2.75, 3.05) is 26.6 Å². The first-order valence-corrected chi connectivity index (χ1v) is 6.70. The Kier molecular flexibility index (Phi) is 5.11. The lowest BCUT2D eigenvalue weighted by molar-refractivity contribution is 0.350. The minimum Gasteiger partial charge on any atom is -0.495 e. The summed E-state index contributed by atoms with van der Waals surface area (Å²) in [6, 6.07) is 7.13. The van der Waals surface area contributed by atoms with Crippen LogP contribution in [0, 0.1) is 0 Å². The van der Waals surface area contributed by atoms with Gasteiger partial charge in [0.25, 0.3) is 0 Å². The second-order valence-corrected chi connectivity index (χ2v) is 4.63. The molecule has 0 bridgehead atoms. The number of hydrogen-bond acceptors (Lipinski definition) is 5. The van der Waals surface area contributed by atoms with Crippen molar-refractivity contribution in [2.24, 2.45) is 0 Å². The highest BCUT2D eigenvalue weighted by Gasteiger charge is 2.12. The molecule has 0 aliphatic heterocycles. The van der Waals surface area contributed by atoms with Crippen molar-refractivity contribution in [3.05, 3.63) is 41.2 Å².